The number of hydrogen-bond donors (Lipinski definition) is 2. The van der Waals surface area contributed by atoms with Crippen molar-refractivity contribution in [1.29, 1.82) is 0 Å². The zero-order chi connectivity index (χ0) is 15.4. The second-order valence-corrected chi connectivity index (χ2v) is 5.63. The topological polar surface area (TPSA) is 66.6 Å². The first-order valence-corrected chi connectivity index (χ1v) is 7.29. The molecule has 2 unspecified atom stereocenters. The lowest BCUT2D eigenvalue weighted by molar-refractivity contribution is 0.0762. The Hall–Kier alpha value is -1.83. The van der Waals surface area contributed by atoms with Crippen LogP contribution in [0.3, 0.4) is 0 Å². The fourth-order valence-corrected chi connectivity index (χ4v) is 2.68. The molecule has 3 N–H and O–H groups in total. The molecule has 112 valence electrons. The van der Waals surface area contributed by atoms with Gasteiger partial charge in [0.25, 0.3) is 5.91 Å². The van der Waals surface area contributed by atoms with Gasteiger partial charge >= 0.3 is 0 Å². The van der Waals surface area contributed by atoms with Crippen LogP contribution >= 0.6 is 0 Å². The molecule has 1 amide bonds. The summed E-state index contributed by atoms with van der Waals surface area (Å²) in [6.45, 7) is 5.36. The number of aliphatic hydroxyl groups excluding tert-OH is 1. The Morgan fingerprint density at radius 1 is 1.52 bits per heavy atom. The first-order chi connectivity index (χ1) is 10.0. The molecule has 1 aromatic carbocycles. The summed E-state index contributed by atoms with van der Waals surface area (Å²) >= 11 is 0. The molecule has 1 aromatic rings. The zero-order valence-corrected chi connectivity index (χ0v) is 12.6. The number of amides is 1. The summed E-state index contributed by atoms with van der Waals surface area (Å²) in [4.78, 5) is 14.4. The van der Waals surface area contributed by atoms with Crippen molar-refractivity contribution in [2.45, 2.75) is 26.4 Å². The van der Waals surface area contributed by atoms with Gasteiger partial charge in [-0.1, -0.05) is 11.8 Å². The molecule has 1 heterocycles. The number of likely N-dealkylation sites (tertiary alicyclic amines) is 1. The number of aliphatic hydroxyl groups is 1. The number of benzene rings is 1. The molecule has 1 saturated heterocycles. The third kappa shape index (κ3) is 3.84. The van der Waals surface area contributed by atoms with E-state index in [-0.39, 0.29) is 17.9 Å². The van der Waals surface area contributed by atoms with Crippen LogP contribution < -0.4 is 5.73 Å². The third-order valence-electron chi connectivity index (χ3n) is 3.85. The fourth-order valence-electron chi connectivity index (χ4n) is 2.68. The van der Waals surface area contributed by atoms with E-state index in [0.717, 1.165) is 17.5 Å². The van der Waals surface area contributed by atoms with Crippen LogP contribution in [0.25, 0.3) is 0 Å². The summed E-state index contributed by atoms with van der Waals surface area (Å²) < 4.78 is 0. The van der Waals surface area contributed by atoms with E-state index in [4.69, 9.17) is 5.73 Å². The second kappa shape index (κ2) is 6.75. The van der Waals surface area contributed by atoms with E-state index in [0.29, 0.717) is 25.2 Å². The quantitative estimate of drug-likeness (QED) is 0.801. The lowest BCUT2D eigenvalue weighted by Gasteiger charge is -2.18. The maximum atomic E-state index is 12.6. The molecule has 2 atom stereocenters. The van der Waals surface area contributed by atoms with Crippen molar-refractivity contribution < 1.29 is 9.90 Å². The number of hydrogen-bond acceptors (Lipinski definition) is 3. The maximum Gasteiger partial charge on any atom is 0.253 e. The van der Waals surface area contributed by atoms with Crippen LogP contribution in [0.15, 0.2) is 18.2 Å². The van der Waals surface area contributed by atoms with Gasteiger partial charge in [-0.2, -0.15) is 0 Å². The Morgan fingerprint density at radius 2 is 2.29 bits per heavy atom. The van der Waals surface area contributed by atoms with E-state index in [1.165, 1.54) is 0 Å². The summed E-state index contributed by atoms with van der Waals surface area (Å²) in [6.07, 6.45) is 0.487. The summed E-state index contributed by atoms with van der Waals surface area (Å²) in [5, 5.41) is 9.64. The van der Waals surface area contributed by atoms with E-state index >= 15 is 0 Å². The van der Waals surface area contributed by atoms with Crippen LogP contribution in [-0.2, 0) is 0 Å². The van der Waals surface area contributed by atoms with Gasteiger partial charge in [0.2, 0.25) is 0 Å². The molecule has 0 aromatic heterocycles. The monoisotopic (exact) mass is 286 g/mol. The highest BCUT2D eigenvalue weighted by Gasteiger charge is 2.29. The van der Waals surface area contributed by atoms with Gasteiger partial charge in [0.05, 0.1) is 12.6 Å². The molecule has 0 aliphatic carbocycles. The van der Waals surface area contributed by atoms with Gasteiger partial charge in [0.15, 0.2) is 0 Å². The highest BCUT2D eigenvalue weighted by Crippen LogP contribution is 2.22. The molecule has 1 aliphatic rings. The number of aryl methyl sites for hydroxylation is 1. The molecule has 0 radical (unpaired) electrons. The lowest BCUT2D eigenvalue weighted by Crippen LogP contribution is -2.30. The van der Waals surface area contributed by atoms with Crippen LogP contribution in [0.2, 0.25) is 0 Å². The first kappa shape index (κ1) is 15.6. The molecular weight excluding hydrogens is 264 g/mol. The van der Waals surface area contributed by atoms with Crippen molar-refractivity contribution in [3.63, 3.8) is 0 Å². The third-order valence-corrected chi connectivity index (χ3v) is 3.85. The highest BCUT2D eigenvalue weighted by molar-refractivity contribution is 5.95. The predicted octanol–water partition coefficient (Wildman–Crippen LogP) is 1.15. The van der Waals surface area contributed by atoms with Crippen molar-refractivity contribution in [1.82, 2.24) is 4.90 Å². The van der Waals surface area contributed by atoms with Gasteiger partial charge in [-0.15, -0.1) is 0 Å². The molecular formula is C17H22N2O2. The first-order valence-electron chi connectivity index (χ1n) is 7.29. The summed E-state index contributed by atoms with van der Waals surface area (Å²) in [6, 6.07) is 5.64. The minimum atomic E-state index is -0.369. The van der Waals surface area contributed by atoms with Crippen molar-refractivity contribution in [3.05, 3.63) is 34.9 Å². The smallest absolute Gasteiger partial charge is 0.253 e. The van der Waals surface area contributed by atoms with Crippen LogP contribution in [0.1, 0.15) is 34.8 Å². The van der Waals surface area contributed by atoms with Gasteiger partial charge in [-0.25, -0.2) is 0 Å². The van der Waals surface area contributed by atoms with Gasteiger partial charge in [-0.05, 0) is 44.0 Å². The van der Waals surface area contributed by atoms with E-state index in [2.05, 4.69) is 11.8 Å². The lowest BCUT2D eigenvalue weighted by atomic mass is 10.0. The molecule has 4 nitrogen and oxygen atoms in total. The van der Waals surface area contributed by atoms with Crippen LogP contribution in [0, 0.1) is 24.7 Å². The number of nitrogens with two attached hydrogens (primary N) is 1. The van der Waals surface area contributed by atoms with Crippen molar-refractivity contribution >= 4 is 5.91 Å². The number of carbonyl (C=O) groups is 1. The fraction of sp³-hybridized carbons (Fsp3) is 0.471. The summed E-state index contributed by atoms with van der Waals surface area (Å²) in [5.41, 5.74) is 7.86. The molecule has 4 heteroatoms. The molecule has 0 bridgehead atoms. The predicted molar refractivity (Wildman–Crippen MR) is 82.8 cm³/mol. The second-order valence-electron chi connectivity index (χ2n) is 5.63. The zero-order valence-electron chi connectivity index (χ0n) is 12.6. The van der Waals surface area contributed by atoms with Crippen LogP contribution in [0.5, 0.6) is 0 Å². The average Bonchev–Trinajstić information content (AvgIpc) is 2.93. The van der Waals surface area contributed by atoms with Crippen LogP contribution in [0.4, 0.5) is 0 Å². The van der Waals surface area contributed by atoms with Gasteiger partial charge < -0.3 is 15.7 Å². The molecule has 0 saturated carbocycles. The number of carbonyl (C=O) groups excluding carboxylic acids is 1. The summed E-state index contributed by atoms with van der Waals surface area (Å²) in [7, 11) is 0. The minimum absolute atomic E-state index is 0.0117. The van der Waals surface area contributed by atoms with Crippen molar-refractivity contribution in [2.24, 2.45) is 11.7 Å². The Kier molecular flexibility index (Phi) is 5.00. The molecule has 0 spiro atoms. The standard InChI is InChI=1S/C17H22N2O2/c1-12-8-14(4-3-6-18)10-16(9-12)17(21)19-7-5-15(11-19)13(2)20/h8-10,13,15,20H,5-7,11,18H2,1-2H3. The summed E-state index contributed by atoms with van der Waals surface area (Å²) in [5.74, 6) is 5.97. The molecule has 1 aliphatic heterocycles. The number of rotatable bonds is 2. The SMILES string of the molecule is Cc1cc(C#CCN)cc(C(=O)N2CCC(C(C)O)C2)c1. The Bertz CT molecular complexity index is 584. The van der Waals surface area contributed by atoms with E-state index in [9.17, 15) is 9.90 Å². The number of nitrogens with zero attached hydrogens (tertiary/aromatic N) is 1. The van der Waals surface area contributed by atoms with E-state index < -0.39 is 0 Å². The van der Waals surface area contributed by atoms with E-state index in [1.54, 1.807) is 6.92 Å². The van der Waals surface area contributed by atoms with Crippen molar-refractivity contribution in [3.8, 4) is 11.8 Å². The highest BCUT2D eigenvalue weighted by atomic mass is 16.3. The average molecular weight is 286 g/mol. The van der Waals surface area contributed by atoms with Gasteiger partial charge in [-0.3, -0.25) is 4.79 Å². The molecule has 21 heavy (non-hydrogen) atoms. The minimum Gasteiger partial charge on any atom is -0.393 e. The Balaban J connectivity index is 2.18. The Morgan fingerprint density at radius 3 is 2.90 bits per heavy atom. The molecule has 2 rings (SSSR count). The van der Waals surface area contributed by atoms with Gasteiger partial charge in [0, 0.05) is 30.1 Å². The van der Waals surface area contributed by atoms with Crippen molar-refractivity contribution in [2.75, 3.05) is 19.6 Å². The van der Waals surface area contributed by atoms with Crippen LogP contribution in [-0.4, -0.2) is 41.7 Å². The largest absolute Gasteiger partial charge is 0.393 e. The maximum absolute atomic E-state index is 12.6. The van der Waals surface area contributed by atoms with E-state index in [1.807, 2.05) is 30.0 Å². The molecule has 1 fully saturated rings. The Labute approximate surface area is 125 Å². The van der Waals surface area contributed by atoms with Gasteiger partial charge in [0.1, 0.15) is 0 Å². The normalized spacial score (nSPS) is 19.0.